The maximum absolute atomic E-state index is 10.2. The molecule has 0 aliphatic carbocycles. The first-order valence-electron chi connectivity index (χ1n) is 5.28. The first-order chi connectivity index (χ1) is 7.13. The molecule has 15 heavy (non-hydrogen) atoms. The van der Waals surface area contributed by atoms with Crippen molar-refractivity contribution < 1.29 is 9.90 Å². The molecule has 0 aromatic carbocycles. The molecule has 0 spiro atoms. The smallest absolute Gasteiger partial charge is 0.136 e. The van der Waals surface area contributed by atoms with Crippen molar-refractivity contribution in [2.45, 2.75) is 44.4 Å². The summed E-state index contributed by atoms with van der Waals surface area (Å²) in [6.45, 7) is 2.66. The molecule has 1 unspecified atom stereocenters. The Morgan fingerprint density at radius 1 is 1.60 bits per heavy atom. The second-order valence-corrected chi connectivity index (χ2v) is 3.90. The van der Waals surface area contributed by atoms with Crippen LogP contribution in [0.4, 0.5) is 0 Å². The van der Waals surface area contributed by atoms with Gasteiger partial charge in [0.1, 0.15) is 18.8 Å². The molecule has 1 saturated heterocycles. The van der Waals surface area contributed by atoms with Crippen LogP contribution < -0.4 is 21.7 Å². The molecule has 6 nitrogen and oxygen atoms in total. The number of nitrogens with two attached hydrogens (primary N) is 1. The van der Waals surface area contributed by atoms with Crippen LogP contribution in [0.15, 0.2) is 0 Å². The van der Waals surface area contributed by atoms with Gasteiger partial charge in [0.2, 0.25) is 0 Å². The van der Waals surface area contributed by atoms with Crippen LogP contribution in [0, 0.1) is 0 Å². The van der Waals surface area contributed by atoms with Crippen molar-refractivity contribution in [3.8, 4) is 0 Å². The van der Waals surface area contributed by atoms with Crippen molar-refractivity contribution in [1.82, 2.24) is 16.0 Å². The Hall–Kier alpha value is -0.530. The fraction of sp³-hybridized carbons (Fsp3) is 0.889. The first-order valence-corrected chi connectivity index (χ1v) is 5.28. The zero-order chi connectivity index (χ0) is 11.3. The maximum Gasteiger partial charge on any atom is 0.136 e. The lowest BCUT2D eigenvalue weighted by Crippen LogP contribution is -2.47. The average molecular weight is 216 g/mol. The van der Waals surface area contributed by atoms with Gasteiger partial charge in [-0.25, -0.2) is 0 Å². The molecule has 1 aliphatic heterocycles. The minimum Gasteiger partial charge on any atom is -0.377 e. The van der Waals surface area contributed by atoms with Gasteiger partial charge in [-0.05, 0) is 26.3 Å². The second-order valence-electron chi connectivity index (χ2n) is 3.90. The lowest BCUT2D eigenvalue weighted by Gasteiger charge is -2.13. The number of carbonyl (C=O) groups excluding carboxylic acids is 1. The van der Waals surface area contributed by atoms with Crippen LogP contribution in [0.1, 0.15) is 19.8 Å². The number of aliphatic hydroxyl groups is 1. The van der Waals surface area contributed by atoms with E-state index in [0.717, 1.165) is 19.3 Å². The Bertz CT molecular complexity index is 193. The van der Waals surface area contributed by atoms with E-state index in [2.05, 4.69) is 16.0 Å². The fourth-order valence-electron chi connectivity index (χ4n) is 1.49. The third kappa shape index (κ3) is 4.23. The highest BCUT2D eigenvalue weighted by atomic mass is 16.3. The molecule has 4 atom stereocenters. The lowest BCUT2D eigenvalue weighted by molar-refractivity contribution is -0.109. The summed E-state index contributed by atoms with van der Waals surface area (Å²) in [5, 5.41) is 18.6. The van der Waals surface area contributed by atoms with E-state index >= 15 is 0 Å². The van der Waals surface area contributed by atoms with Gasteiger partial charge in [-0.2, -0.15) is 0 Å². The van der Waals surface area contributed by atoms with Crippen molar-refractivity contribution in [3.63, 3.8) is 0 Å². The van der Waals surface area contributed by atoms with Gasteiger partial charge in [0.25, 0.3) is 0 Å². The highest BCUT2D eigenvalue weighted by Gasteiger charge is 2.26. The molecule has 0 saturated carbocycles. The van der Waals surface area contributed by atoms with Gasteiger partial charge in [0.05, 0.1) is 6.04 Å². The largest absolute Gasteiger partial charge is 0.377 e. The highest BCUT2D eigenvalue weighted by molar-refractivity contribution is 5.56. The zero-order valence-corrected chi connectivity index (χ0v) is 8.94. The molecule has 6 heteroatoms. The summed E-state index contributed by atoms with van der Waals surface area (Å²) in [4.78, 5) is 10.2. The summed E-state index contributed by atoms with van der Waals surface area (Å²) in [7, 11) is 0. The van der Waals surface area contributed by atoms with E-state index in [1.807, 2.05) is 6.92 Å². The molecular weight excluding hydrogens is 196 g/mol. The second kappa shape index (κ2) is 6.14. The van der Waals surface area contributed by atoms with E-state index in [1.54, 1.807) is 0 Å². The maximum atomic E-state index is 10.2. The Morgan fingerprint density at radius 2 is 2.33 bits per heavy atom. The fourth-order valence-corrected chi connectivity index (χ4v) is 1.49. The van der Waals surface area contributed by atoms with Crippen molar-refractivity contribution >= 4 is 6.29 Å². The van der Waals surface area contributed by atoms with Crippen molar-refractivity contribution in [3.05, 3.63) is 0 Å². The van der Waals surface area contributed by atoms with Crippen LogP contribution in [0.2, 0.25) is 0 Å². The summed E-state index contributed by atoms with van der Waals surface area (Å²) < 4.78 is 0. The summed E-state index contributed by atoms with van der Waals surface area (Å²) in [5.41, 5.74) is 5.44. The van der Waals surface area contributed by atoms with Crippen LogP contribution >= 0.6 is 0 Å². The van der Waals surface area contributed by atoms with Gasteiger partial charge in [0.15, 0.2) is 0 Å². The van der Waals surface area contributed by atoms with Crippen molar-refractivity contribution in [1.29, 1.82) is 0 Å². The molecule has 0 bridgehead atoms. The predicted octanol–water partition coefficient (Wildman–Crippen LogP) is -1.93. The monoisotopic (exact) mass is 216 g/mol. The van der Waals surface area contributed by atoms with E-state index in [1.165, 1.54) is 0 Å². The first kappa shape index (κ1) is 12.5. The summed E-state index contributed by atoms with van der Waals surface area (Å²) in [6, 6.07) is -0.319. The Labute approximate surface area is 89.6 Å². The quantitative estimate of drug-likeness (QED) is 0.262. The topological polar surface area (TPSA) is 99.4 Å². The number of nitrogens with one attached hydrogen (secondary N) is 3. The zero-order valence-electron chi connectivity index (χ0n) is 8.94. The average Bonchev–Trinajstić information content (AvgIpc) is 2.53. The normalized spacial score (nSPS) is 32.9. The van der Waals surface area contributed by atoms with Crippen LogP contribution in [0.5, 0.6) is 0 Å². The number of carbonyl (C=O) groups is 1. The Morgan fingerprint density at radius 3 is 2.87 bits per heavy atom. The third-order valence-electron chi connectivity index (χ3n) is 2.48. The van der Waals surface area contributed by atoms with Crippen molar-refractivity contribution in [2.24, 2.45) is 5.73 Å². The van der Waals surface area contributed by atoms with Gasteiger partial charge < -0.3 is 15.6 Å². The van der Waals surface area contributed by atoms with Crippen molar-refractivity contribution in [2.75, 3.05) is 6.54 Å². The highest BCUT2D eigenvalue weighted by Crippen LogP contribution is 1.99. The van der Waals surface area contributed by atoms with Crippen LogP contribution in [0.3, 0.4) is 0 Å². The summed E-state index contributed by atoms with van der Waals surface area (Å²) in [6.07, 6.45) is 1.70. The SMILES string of the molecule is C[C@H]1NC(NCCC[C@H](N)C=O)N[C@H]1O. The molecule has 0 amide bonds. The molecule has 1 heterocycles. The van der Waals surface area contributed by atoms with Gasteiger partial charge in [-0.1, -0.05) is 0 Å². The van der Waals surface area contributed by atoms with Crippen LogP contribution in [0.25, 0.3) is 0 Å². The number of aliphatic hydroxyl groups excluding tert-OH is 1. The number of aldehydes is 1. The lowest BCUT2D eigenvalue weighted by atomic mass is 10.2. The van der Waals surface area contributed by atoms with Gasteiger partial charge in [0, 0.05) is 6.04 Å². The molecule has 1 aliphatic rings. The predicted molar refractivity (Wildman–Crippen MR) is 56.8 cm³/mol. The van der Waals surface area contributed by atoms with Crippen LogP contribution in [-0.4, -0.2) is 42.5 Å². The molecule has 6 N–H and O–H groups in total. The van der Waals surface area contributed by atoms with E-state index in [0.29, 0.717) is 6.42 Å². The molecule has 1 rings (SSSR count). The molecule has 0 radical (unpaired) electrons. The molecule has 0 aromatic heterocycles. The Kier molecular flexibility index (Phi) is 5.13. The minimum absolute atomic E-state index is 0.0414. The van der Waals surface area contributed by atoms with E-state index in [4.69, 9.17) is 5.73 Å². The van der Waals surface area contributed by atoms with Gasteiger partial charge in [-0.3, -0.25) is 16.0 Å². The standard InChI is InChI=1S/C9H20N4O2/c1-6-8(15)13-9(12-6)11-4-2-3-7(10)5-14/h5-9,11-13,15H,2-4,10H2,1H3/t6-,7+,8+,9?/m1/s1. The van der Waals surface area contributed by atoms with E-state index in [-0.39, 0.29) is 18.4 Å². The van der Waals surface area contributed by atoms with Crippen LogP contribution in [-0.2, 0) is 4.79 Å². The molecule has 0 aromatic rings. The van der Waals surface area contributed by atoms with E-state index < -0.39 is 6.23 Å². The summed E-state index contributed by atoms with van der Waals surface area (Å²) in [5.74, 6) is 0. The Balaban J connectivity index is 2.04. The number of hydrogen-bond acceptors (Lipinski definition) is 6. The minimum atomic E-state index is -0.514. The molecular formula is C9H20N4O2. The summed E-state index contributed by atoms with van der Waals surface area (Å²) >= 11 is 0. The number of rotatable bonds is 6. The third-order valence-corrected chi connectivity index (χ3v) is 2.48. The van der Waals surface area contributed by atoms with Gasteiger partial charge >= 0.3 is 0 Å². The van der Waals surface area contributed by atoms with E-state index in [9.17, 15) is 9.90 Å². The molecule has 88 valence electrons. The molecule has 1 fully saturated rings. The van der Waals surface area contributed by atoms with Gasteiger partial charge in [-0.15, -0.1) is 0 Å². The number of hydrogen-bond donors (Lipinski definition) is 5.